The Balaban J connectivity index is 2.11. The van der Waals surface area contributed by atoms with Crippen LogP contribution in [0.2, 0.25) is 0 Å². The van der Waals surface area contributed by atoms with Crippen molar-refractivity contribution in [2.24, 2.45) is 0 Å². The lowest BCUT2D eigenvalue weighted by atomic mass is 10.1. The molecule has 0 aromatic heterocycles. The summed E-state index contributed by atoms with van der Waals surface area (Å²) in [7, 11) is 0.426. The van der Waals surface area contributed by atoms with Crippen molar-refractivity contribution < 1.29 is 35.7 Å². The van der Waals surface area contributed by atoms with Crippen LogP contribution < -0.4 is 9.31 Å². The van der Waals surface area contributed by atoms with Gasteiger partial charge in [0.1, 0.15) is 11.5 Å². The van der Waals surface area contributed by atoms with Crippen molar-refractivity contribution in [3.8, 4) is 11.5 Å². The Morgan fingerprint density at radius 3 is 1.30 bits per heavy atom. The molecule has 121 valence electrons. The number of benzene rings is 2. The number of para-hydroxylation sites is 2. The van der Waals surface area contributed by atoms with Crippen molar-refractivity contribution in [2.45, 2.75) is 12.4 Å². The number of rotatable bonds is 4. The van der Waals surface area contributed by atoms with Crippen LogP contribution in [-0.2, 0) is 12.4 Å². The van der Waals surface area contributed by atoms with Crippen LogP contribution in [0.5, 0.6) is 11.5 Å². The normalized spacial score (nSPS) is 11.9. The predicted molar refractivity (Wildman–Crippen MR) is 69.9 cm³/mol. The van der Waals surface area contributed by atoms with E-state index in [0.717, 1.165) is 36.4 Å². The van der Waals surface area contributed by atoms with Gasteiger partial charge in [-0.1, -0.05) is 24.3 Å². The first-order chi connectivity index (χ1) is 10.7. The molecule has 0 heterocycles. The fourth-order valence-corrected chi connectivity index (χ4v) is 1.73. The summed E-state index contributed by atoms with van der Waals surface area (Å²) in [6, 6.07) is 8.53. The zero-order chi connectivity index (χ0) is 17.1. The minimum atomic E-state index is -4.66. The summed E-state index contributed by atoms with van der Waals surface area (Å²) in [5, 5.41) is 0. The van der Waals surface area contributed by atoms with E-state index in [0.29, 0.717) is 7.69 Å². The molecule has 0 amide bonds. The van der Waals surface area contributed by atoms with Gasteiger partial charge in [-0.25, -0.2) is 0 Å². The van der Waals surface area contributed by atoms with Gasteiger partial charge in [0.15, 0.2) is 0 Å². The summed E-state index contributed by atoms with van der Waals surface area (Å²) in [5.41, 5.74) is -2.13. The molecule has 2 nitrogen and oxygen atoms in total. The molecule has 0 atom stereocenters. The topological polar surface area (TPSA) is 18.5 Å². The number of halogens is 6. The van der Waals surface area contributed by atoms with Gasteiger partial charge < -0.3 is 9.31 Å². The van der Waals surface area contributed by atoms with Gasteiger partial charge in [0, 0.05) is 0 Å². The second-order valence-corrected chi connectivity index (χ2v) is 4.32. The van der Waals surface area contributed by atoms with Gasteiger partial charge >= 0.3 is 20.0 Å². The molecule has 2 aromatic rings. The van der Waals surface area contributed by atoms with Crippen LogP contribution in [0.1, 0.15) is 11.1 Å². The third kappa shape index (κ3) is 4.34. The van der Waals surface area contributed by atoms with Crippen LogP contribution in [0.15, 0.2) is 48.5 Å². The van der Waals surface area contributed by atoms with Gasteiger partial charge in [0.05, 0.1) is 11.1 Å². The molecule has 0 aliphatic carbocycles. The molecule has 0 bridgehead atoms. The molecule has 0 fully saturated rings. The standard InChI is InChI=1S/C14H8BF6O2/c16-13(17,18)9-5-1-3-7-11(9)22-15-23-12-8-4-2-6-10(12)14(19,20)21/h1-8H. The van der Waals surface area contributed by atoms with Crippen LogP contribution in [0.25, 0.3) is 0 Å². The molecular formula is C14H8BF6O2. The Hall–Kier alpha value is -2.32. The van der Waals surface area contributed by atoms with Crippen LogP contribution in [-0.4, -0.2) is 7.69 Å². The Morgan fingerprint density at radius 1 is 0.609 bits per heavy atom. The highest BCUT2D eigenvalue weighted by Crippen LogP contribution is 2.37. The number of hydrogen-bond acceptors (Lipinski definition) is 2. The van der Waals surface area contributed by atoms with Gasteiger partial charge in [0.2, 0.25) is 0 Å². The summed E-state index contributed by atoms with van der Waals surface area (Å²) in [5.74, 6) is -1.16. The van der Waals surface area contributed by atoms with Gasteiger partial charge in [0.25, 0.3) is 0 Å². The molecular weight excluding hydrogens is 325 g/mol. The largest absolute Gasteiger partial charge is 0.658 e. The molecule has 0 unspecified atom stereocenters. The first-order valence-corrected chi connectivity index (χ1v) is 6.17. The third-order valence-corrected chi connectivity index (χ3v) is 2.74. The van der Waals surface area contributed by atoms with Crippen molar-refractivity contribution in [3.63, 3.8) is 0 Å². The average Bonchev–Trinajstić information content (AvgIpc) is 2.46. The van der Waals surface area contributed by atoms with Gasteiger partial charge in [-0.3, -0.25) is 0 Å². The summed E-state index contributed by atoms with van der Waals surface area (Å²) in [6.45, 7) is 0. The van der Waals surface area contributed by atoms with Crippen LogP contribution in [0.3, 0.4) is 0 Å². The lowest BCUT2D eigenvalue weighted by Gasteiger charge is -2.15. The van der Waals surface area contributed by atoms with E-state index in [1.54, 1.807) is 0 Å². The second-order valence-electron chi connectivity index (χ2n) is 4.32. The highest BCUT2D eigenvalue weighted by molar-refractivity contribution is 6.20. The van der Waals surface area contributed by atoms with Crippen molar-refractivity contribution in [2.75, 3.05) is 0 Å². The van der Waals surface area contributed by atoms with Gasteiger partial charge in [-0.05, 0) is 24.3 Å². The summed E-state index contributed by atoms with van der Waals surface area (Å²) >= 11 is 0. The highest BCUT2D eigenvalue weighted by atomic mass is 19.4. The van der Waals surface area contributed by atoms with E-state index >= 15 is 0 Å². The maximum Gasteiger partial charge on any atom is 0.658 e. The van der Waals surface area contributed by atoms with E-state index < -0.39 is 35.0 Å². The van der Waals surface area contributed by atoms with E-state index in [2.05, 4.69) is 0 Å². The molecule has 2 aromatic carbocycles. The Kier molecular flexibility index (Phi) is 4.77. The molecule has 0 saturated heterocycles. The Labute approximate surface area is 127 Å². The summed E-state index contributed by atoms with van der Waals surface area (Å²) < 4.78 is 85.8. The first kappa shape index (κ1) is 17.0. The van der Waals surface area contributed by atoms with Crippen molar-refractivity contribution in [1.29, 1.82) is 0 Å². The third-order valence-electron chi connectivity index (χ3n) is 2.74. The predicted octanol–water partition coefficient (Wildman–Crippen LogP) is 4.72. The molecule has 0 aliphatic heterocycles. The van der Waals surface area contributed by atoms with E-state index in [1.807, 2.05) is 0 Å². The molecule has 1 radical (unpaired) electrons. The molecule has 0 saturated carbocycles. The fourth-order valence-electron chi connectivity index (χ4n) is 1.73. The number of alkyl halides is 6. The van der Waals surface area contributed by atoms with E-state index in [4.69, 9.17) is 9.31 Å². The maximum absolute atomic E-state index is 12.7. The Morgan fingerprint density at radius 2 is 0.957 bits per heavy atom. The number of hydrogen-bond donors (Lipinski definition) is 0. The molecule has 0 spiro atoms. The average molecular weight is 333 g/mol. The lowest BCUT2D eigenvalue weighted by molar-refractivity contribution is -0.138. The molecule has 0 N–H and O–H groups in total. The second kappa shape index (κ2) is 6.43. The van der Waals surface area contributed by atoms with E-state index in [9.17, 15) is 26.3 Å². The van der Waals surface area contributed by atoms with Crippen molar-refractivity contribution in [1.82, 2.24) is 0 Å². The summed E-state index contributed by atoms with van der Waals surface area (Å²) in [6.07, 6.45) is -9.32. The lowest BCUT2D eigenvalue weighted by Crippen LogP contribution is -2.17. The summed E-state index contributed by atoms with van der Waals surface area (Å²) in [4.78, 5) is 0. The smallest absolute Gasteiger partial charge is 0.526 e. The molecule has 2 rings (SSSR count). The Bertz CT molecular complexity index is 611. The van der Waals surface area contributed by atoms with Crippen molar-refractivity contribution >= 4 is 7.69 Å². The zero-order valence-corrected chi connectivity index (χ0v) is 11.3. The van der Waals surface area contributed by atoms with E-state index in [-0.39, 0.29) is 0 Å². The molecule has 23 heavy (non-hydrogen) atoms. The maximum atomic E-state index is 12.7. The highest BCUT2D eigenvalue weighted by Gasteiger charge is 2.35. The molecule has 9 heteroatoms. The van der Waals surface area contributed by atoms with Gasteiger partial charge in [-0.2, -0.15) is 26.3 Å². The van der Waals surface area contributed by atoms with Gasteiger partial charge in [-0.15, -0.1) is 0 Å². The fraction of sp³-hybridized carbons (Fsp3) is 0.143. The van der Waals surface area contributed by atoms with Crippen LogP contribution >= 0.6 is 0 Å². The van der Waals surface area contributed by atoms with E-state index in [1.165, 1.54) is 12.1 Å². The SMILES string of the molecule is FC(F)(F)c1ccccc1O[B]Oc1ccccc1C(F)(F)F. The van der Waals surface area contributed by atoms with Crippen LogP contribution in [0.4, 0.5) is 26.3 Å². The first-order valence-electron chi connectivity index (χ1n) is 6.17. The van der Waals surface area contributed by atoms with Crippen LogP contribution in [0, 0.1) is 0 Å². The van der Waals surface area contributed by atoms with Crippen molar-refractivity contribution in [3.05, 3.63) is 59.7 Å². The quantitative estimate of drug-likeness (QED) is 0.596. The zero-order valence-electron chi connectivity index (χ0n) is 11.3. The minimum Gasteiger partial charge on any atom is -0.526 e. The monoisotopic (exact) mass is 333 g/mol. The minimum absolute atomic E-state index is 0.426. The molecule has 0 aliphatic rings.